The van der Waals surface area contributed by atoms with Crippen LogP contribution >= 0.6 is 0 Å². The molecule has 1 saturated carbocycles. The zero-order valence-corrected chi connectivity index (χ0v) is 11.1. The number of carbonyl (C=O) groups excluding carboxylic acids is 1. The van der Waals surface area contributed by atoms with Crippen molar-refractivity contribution in [1.29, 1.82) is 0 Å². The van der Waals surface area contributed by atoms with Crippen molar-refractivity contribution in [2.75, 3.05) is 0 Å². The van der Waals surface area contributed by atoms with Gasteiger partial charge in [0.25, 0.3) is 0 Å². The Morgan fingerprint density at radius 3 is 2.30 bits per heavy atom. The Bertz CT molecular complexity index is 480. The molecule has 1 fully saturated rings. The smallest absolute Gasteiger partial charge is 0.330 e. The summed E-state index contributed by atoms with van der Waals surface area (Å²) in [5, 5.41) is 11.8. The second kappa shape index (κ2) is 6.50. The molecule has 0 spiro atoms. The van der Waals surface area contributed by atoms with Crippen molar-refractivity contribution in [3.8, 4) is 0 Å². The van der Waals surface area contributed by atoms with Crippen molar-refractivity contribution in [3.63, 3.8) is 0 Å². The fraction of sp³-hybridized carbons (Fsp3) is 0.467. The van der Waals surface area contributed by atoms with Crippen LogP contribution in [0.1, 0.15) is 43.7 Å². The molecule has 0 saturated heterocycles. The fourth-order valence-corrected chi connectivity index (χ4v) is 2.57. The van der Waals surface area contributed by atoms with Gasteiger partial charge in [-0.1, -0.05) is 31.4 Å². The monoisotopic (exact) mass is 279 g/mol. The van der Waals surface area contributed by atoms with E-state index in [0.29, 0.717) is 5.56 Å². The van der Waals surface area contributed by atoms with Crippen LogP contribution < -0.4 is 5.32 Å². The molecule has 0 aromatic heterocycles. The second-order valence-corrected chi connectivity index (χ2v) is 5.17. The number of halogens is 1. The number of aliphatic carboxylic acids is 1. The van der Waals surface area contributed by atoms with Crippen molar-refractivity contribution in [2.24, 2.45) is 5.92 Å². The Hall–Kier alpha value is -1.91. The Kier molecular flexibility index (Phi) is 4.71. The topological polar surface area (TPSA) is 66.4 Å². The van der Waals surface area contributed by atoms with Gasteiger partial charge in [-0.05, 0) is 30.5 Å². The van der Waals surface area contributed by atoms with Crippen molar-refractivity contribution in [2.45, 2.75) is 38.1 Å². The van der Waals surface area contributed by atoms with Crippen molar-refractivity contribution >= 4 is 11.9 Å². The molecular formula is C15H18FNO3. The Morgan fingerprint density at radius 1 is 1.15 bits per heavy atom. The summed E-state index contributed by atoms with van der Waals surface area (Å²) in [6, 6.07) is 4.03. The third-order valence-electron chi connectivity index (χ3n) is 3.71. The van der Waals surface area contributed by atoms with Crippen LogP contribution in [0.3, 0.4) is 0 Å². The number of amides is 1. The van der Waals surface area contributed by atoms with Gasteiger partial charge < -0.3 is 10.4 Å². The lowest BCUT2D eigenvalue weighted by Gasteiger charge is -2.23. The van der Waals surface area contributed by atoms with Crippen LogP contribution in [-0.4, -0.2) is 17.0 Å². The summed E-state index contributed by atoms with van der Waals surface area (Å²) in [5.74, 6) is -1.90. The lowest BCUT2D eigenvalue weighted by molar-refractivity contribution is -0.142. The number of carboxylic acid groups (broad SMARTS) is 1. The van der Waals surface area contributed by atoms with Gasteiger partial charge in [-0.2, -0.15) is 0 Å². The molecule has 0 aliphatic heterocycles. The number of rotatable bonds is 4. The molecule has 20 heavy (non-hydrogen) atoms. The van der Waals surface area contributed by atoms with E-state index in [2.05, 4.69) is 5.32 Å². The molecule has 1 atom stereocenters. The number of hydrogen-bond acceptors (Lipinski definition) is 2. The van der Waals surface area contributed by atoms with E-state index in [-0.39, 0.29) is 11.8 Å². The summed E-state index contributed by atoms with van der Waals surface area (Å²) in [6.45, 7) is 0. The molecule has 5 heteroatoms. The zero-order valence-electron chi connectivity index (χ0n) is 11.1. The number of benzene rings is 1. The Balaban J connectivity index is 2.07. The normalized spacial score (nSPS) is 17.4. The predicted molar refractivity (Wildman–Crippen MR) is 71.5 cm³/mol. The zero-order chi connectivity index (χ0) is 14.5. The first-order chi connectivity index (χ1) is 9.58. The molecule has 1 amide bonds. The van der Waals surface area contributed by atoms with Crippen molar-refractivity contribution in [1.82, 2.24) is 5.32 Å². The van der Waals surface area contributed by atoms with Crippen molar-refractivity contribution < 1.29 is 19.1 Å². The van der Waals surface area contributed by atoms with Gasteiger partial charge in [0, 0.05) is 5.92 Å². The van der Waals surface area contributed by atoms with Crippen LogP contribution in [0.2, 0.25) is 0 Å². The van der Waals surface area contributed by atoms with E-state index < -0.39 is 17.8 Å². The van der Waals surface area contributed by atoms with Crippen LogP contribution in [0.5, 0.6) is 0 Å². The molecule has 2 rings (SSSR count). The SMILES string of the molecule is O=C(NC(C(=O)O)c1ccc(F)cc1)C1CCCCC1. The summed E-state index contributed by atoms with van der Waals surface area (Å²) in [5.41, 5.74) is 0.378. The standard InChI is InChI=1S/C15H18FNO3/c16-12-8-6-10(7-9-12)13(15(19)20)17-14(18)11-4-2-1-3-5-11/h6-9,11,13H,1-5H2,(H,17,18)(H,19,20). The molecule has 1 unspecified atom stereocenters. The van der Waals surface area contributed by atoms with E-state index in [1.54, 1.807) is 0 Å². The van der Waals surface area contributed by atoms with Gasteiger partial charge in [0.2, 0.25) is 5.91 Å². The maximum atomic E-state index is 12.9. The van der Waals surface area contributed by atoms with E-state index in [1.165, 1.54) is 24.3 Å². The quantitative estimate of drug-likeness (QED) is 0.890. The number of carbonyl (C=O) groups is 2. The Labute approximate surface area is 117 Å². The largest absolute Gasteiger partial charge is 0.479 e. The first-order valence-corrected chi connectivity index (χ1v) is 6.86. The number of carboxylic acids is 1. The van der Waals surface area contributed by atoms with Gasteiger partial charge in [0.15, 0.2) is 6.04 Å². The van der Waals surface area contributed by atoms with E-state index in [9.17, 15) is 19.1 Å². The van der Waals surface area contributed by atoms with Crippen LogP contribution in [-0.2, 0) is 9.59 Å². The van der Waals surface area contributed by atoms with Crippen LogP contribution in [0.4, 0.5) is 4.39 Å². The van der Waals surface area contributed by atoms with Crippen molar-refractivity contribution in [3.05, 3.63) is 35.6 Å². The molecular weight excluding hydrogens is 261 g/mol. The van der Waals surface area contributed by atoms with Gasteiger partial charge in [-0.15, -0.1) is 0 Å². The molecule has 1 aromatic carbocycles. The molecule has 1 aromatic rings. The summed E-state index contributed by atoms with van der Waals surface area (Å²) < 4.78 is 12.9. The van der Waals surface area contributed by atoms with Gasteiger partial charge in [-0.3, -0.25) is 4.79 Å². The second-order valence-electron chi connectivity index (χ2n) is 5.17. The molecule has 1 aliphatic carbocycles. The minimum absolute atomic E-state index is 0.106. The van der Waals surface area contributed by atoms with Gasteiger partial charge in [0.1, 0.15) is 5.82 Å². The predicted octanol–water partition coefficient (Wildman–Crippen LogP) is 2.65. The molecule has 108 valence electrons. The van der Waals surface area contributed by atoms with Crippen LogP contribution in [0.25, 0.3) is 0 Å². The molecule has 0 radical (unpaired) electrons. The maximum absolute atomic E-state index is 12.9. The maximum Gasteiger partial charge on any atom is 0.330 e. The van der Waals surface area contributed by atoms with E-state index >= 15 is 0 Å². The van der Waals surface area contributed by atoms with Gasteiger partial charge in [0.05, 0.1) is 0 Å². The highest BCUT2D eigenvalue weighted by Crippen LogP contribution is 2.25. The summed E-state index contributed by atoms with van der Waals surface area (Å²) in [6.07, 6.45) is 4.76. The third kappa shape index (κ3) is 3.56. The average molecular weight is 279 g/mol. The molecule has 1 aliphatic rings. The van der Waals surface area contributed by atoms with E-state index in [0.717, 1.165) is 32.1 Å². The van der Waals surface area contributed by atoms with Crippen LogP contribution in [0.15, 0.2) is 24.3 Å². The summed E-state index contributed by atoms with van der Waals surface area (Å²) in [4.78, 5) is 23.4. The third-order valence-corrected chi connectivity index (χ3v) is 3.71. The van der Waals surface area contributed by atoms with Gasteiger partial charge >= 0.3 is 5.97 Å². The molecule has 4 nitrogen and oxygen atoms in total. The highest BCUT2D eigenvalue weighted by molar-refractivity contribution is 5.85. The minimum Gasteiger partial charge on any atom is -0.479 e. The lowest BCUT2D eigenvalue weighted by atomic mass is 9.88. The average Bonchev–Trinajstić information content (AvgIpc) is 2.46. The molecule has 0 bridgehead atoms. The lowest BCUT2D eigenvalue weighted by Crippen LogP contribution is -2.38. The summed E-state index contributed by atoms with van der Waals surface area (Å²) >= 11 is 0. The minimum atomic E-state index is -1.14. The fourth-order valence-electron chi connectivity index (χ4n) is 2.57. The highest BCUT2D eigenvalue weighted by atomic mass is 19.1. The Morgan fingerprint density at radius 2 is 1.75 bits per heavy atom. The molecule has 0 heterocycles. The van der Waals surface area contributed by atoms with Gasteiger partial charge in [-0.25, -0.2) is 9.18 Å². The number of nitrogens with one attached hydrogen (secondary N) is 1. The highest BCUT2D eigenvalue weighted by Gasteiger charge is 2.27. The first-order valence-electron chi connectivity index (χ1n) is 6.86. The van der Waals surface area contributed by atoms with E-state index in [4.69, 9.17) is 0 Å². The number of hydrogen-bond donors (Lipinski definition) is 2. The van der Waals surface area contributed by atoms with Crippen LogP contribution in [0, 0.1) is 11.7 Å². The molecule has 2 N–H and O–H groups in total. The summed E-state index contributed by atoms with van der Waals surface area (Å²) in [7, 11) is 0. The van der Waals surface area contributed by atoms with E-state index in [1.807, 2.05) is 0 Å². The first kappa shape index (κ1) is 14.5.